The molecular weight excluding hydrogens is 344 g/mol. The van der Waals surface area contributed by atoms with Crippen LogP contribution < -0.4 is 5.56 Å². The molecule has 0 spiro atoms. The highest BCUT2D eigenvalue weighted by Gasteiger charge is 2.22. The molecule has 5 heterocycles. The molecule has 2 aliphatic heterocycles. The van der Waals surface area contributed by atoms with Gasteiger partial charge in [-0.15, -0.1) is 0 Å². The number of nitrogens with zero attached hydrogens (tertiary/aromatic N) is 4. The van der Waals surface area contributed by atoms with Gasteiger partial charge < -0.3 is 9.52 Å². The molecule has 0 unspecified atom stereocenters. The van der Waals surface area contributed by atoms with E-state index in [1.165, 1.54) is 11.3 Å². The molecule has 142 valence electrons. The third-order valence-electron chi connectivity index (χ3n) is 5.62. The van der Waals surface area contributed by atoms with Gasteiger partial charge in [0.2, 0.25) is 0 Å². The first-order valence-electron chi connectivity index (χ1n) is 9.54. The maximum Gasteiger partial charge on any atom is 0.267 e. The Hall–Kier alpha value is -2.58. The minimum absolute atomic E-state index is 0.0296. The third kappa shape index (κ3) is 3.38. The Kier molecular flexibility index (Phi) is 4.21. The van der Waals surface area contributed by atoms with Crippen molar-refractivity contribution >= 4 is 0 Å². The monoisotopic (exact) mass is 368 g/mol. The molecule has 0 saturated heterocycles. The number of nitrogens with one attached hydrogen (secondary N) is 2. The minimum atomic E-state index is 0.0296. The van der Waals surface area contributed by atoms with E-state index in [4.69, 9.17) is 9.52 Å². The predicted molar refractivity (Wildman–Crippen MR) is 99.1 cm³/mol. The molecule has 3 aromatic heterocycles. The zero-order valence-electron chi connectivity index (χ0n) is 15.3. The topological polar surface area (TPSA) is 86.1 Å². The zero-order valence-corrected chi connectivity index (χ0v) is 15.3. The van der Waals surface area contributed by atoms with Crippen molar-refractivity contribution in [3.63, 3.8) is 0 Å². The van der Waals surface area contributed by atoms with E-state index in [1.54, 1.807) is 6.26 Å². The smallest absolute Gasteiger partial charge is 0.267 e. The average Bonchev–Trinajstić information content (AvgIpc) is 3.35. The second-order valence-corrected chi connectivity index (χ2v) is 7.50. The van der Waals surface area contributed by atoms with Crippen molar-refractivity contribution in [1.29, 1.82) is 0 Å². The highest BCUT2D eigenvalue weighted by Crippen LogP contribution is 2.18. The van der Waals surface area contributed by atoms with Crippen LogP contribution in [0.3, 0.4) is 0 Å². The second kappa shape index (κ2) is 6.86. The normalized spacial score (nSPS) is 18.2. The number of hydrogen-bond acceptors (Lipinski definition) is 5. The van der Waals surface area contributed by atoms with Crippen molar-refractivity contribution in [3.05, 3.63) is 63.2 Å². The van der Waals surface area contributed by atoms with E-state index in [0.717, 1.165) is 75.6 Å². The van der Waals surface area contributed by atoms with Crippen LogP contribution in [0.25, 0.3) is 0 Å². The fraction of sp³-hybridized carbons (Fsp3) is 0.474. The van der Waals surface area contributed by atoms with Gasteiger partial charge in [-0.2, -0.15) is 5.10 Å². The SMILES string of the molecule is O=c1[nH][nH]c2c1CCN(Cc1cc3n(n1)CCN(Cc1ccoc1)C3)CC2. The van der Waals surface area contributed by atoms with Gasteiger partial charge in [0.15, 0.2) is 0 Å². The first-order chi connectivity index (χ1) is 13.2. The first kappa shape index (κ1) is 16.6. The van der Waals surface area contributed by atoms with Crippen molar-refractivity contribution in [2.45, 2.75) is 39.0 Å². The predicted octanol–water partition coefficient (Wildman–Crippen LogP) is 1.11. The van der Waals surface area contributed by atoms with Crippen molar-refractivity contribution < 1.29 is 4.42 Å². The number of aromatic amines is 2. The molecule has 27 heavy (non-hydrogen) atoms. The lowest BCUT2D eigenvalue weighted by atomic mass is 10.2. The van der Waals surface area contributed by atoms with E-state index in [-0.39, 0.29) is 5.56 Å². The Morgan fingerprint density at radius 1 is 1.07 bits per heavy atom. The van der Waals surface area contributed by atoms with Gasteiger partial charge in [0.25, 0.3) is 5.56 Å². The van der Waals surface area contributed by atoms with Gasteiger partial charge in [0.1, 0.15) is 0 Å². The van der Waals surface area contributed by atoms with Crippen LogP contribution in [0, 0.1) is 0 Å². The molecule has 0 radical (unpaired) electrons. The van der Waals surface area contributed by atoms with Crippen LogP contribution in [0.2, 0.25) is 0 Å². The number of fused-ring (bicyclic) bond motifs is 2. The summed E-state index contributed by atoms with van der Waals surface area (Å²) in [6.45, 7) is 6.42. The summed E-state index contributed by atoms with van der Waals surface area (Å²) in [5.41, 5.74) is 5.61. The molecule has 8 nitrogen and oxygen atoms in total. The molecule has 0 atom stereocenters. The lowest BCUT2D eigenvalue weighted by Gasteiger charge is -2.26. The van der Waals surface area contributed by atoms with Crippen LogP contribution in [0.4, 0.5) is 0 Å². The Labute approximate surface area is 156 Å². The zero-order chi connectivity index (χ0) is 18.2. The highest BCUT2D eigenvalue weighted by molar-refractivity contribution is 5.19. The number of H-pyrrole nitrogens is 2. The van der Waals surface area contributed by atoms with Crippen LogP contribution in [0.15, 0.2) is 33.9 Å². The molecule has 0 aromatic carbocycles. The van der Waals surface area contributed by atoms with Crippen LogP contribution in [0.1, 0.15) is 28.2 Å². The quantitative estimate of drug-likeness (QED) is 0.720. The van der Waals surface area contributed by atoms with E-state index in [2.05, 4.69) is 30.7 Å². The second-order valence-electron chi connectivity index (χ2n) is 7.50. The minimum Gasteiger partial charge on any atom is -0.472 e. The molecule has 5 rings (SSSR count). The van der Waals surface area contributed by atoms with Crippen molar-refractivity contribution in [2.24, 2.45) is 0 Å². The van der Waals surface area contributed by atoms with Crippen LogP contribution in [0.5, 0.6) is 0 Å². The van der Waals surface area contributed by atoms with Crippen LogP contribution in [-0.4, -0.2) is 49.4 Å². The van der Waals surface area contributed by atoms with Gasteiger partial charge in [-0.05, 0) is 18.6 Å². The fourth-order valence-electron chi connectivity index (χ4n) is 4.17. The van der Waals surface area contributed by atoms with E-state index >= 15 is 0 Å². The molecule has 0 saturated carbocycles. The summed E-state index contributed by atoms with van der Waals surface area (Å²) in [5.74, 6) is 0. The van der Waals surface area contributed by atoms with Crippen molar-refractivity contribution in [2.75, 3.05) is 19.6 Å². The molecule has 3 aromatic rings. The molecule has 8 heteroatoms. The number of aromatic nitrogens is 4. The summed E-state index contributed by atoms with van der Waals surface area (Å²) in [5, 5.41) is 10.5. The maximum absolute atomic E-state index is 11.8. The van der Waals surface area contributed by atoms with Gasteiger partial charge in [-0.3, -0.25) is 24.4 Å². The molecule has 0 bridgehead atoms. The van der Waals surface area contributed by atoms with Crippen molar-refractivity contribution in [1.82, 2.24) is 29.8 Å². The standard InChI is InChI=1S/C19H24N6O2/c26-19-17-1-4-23(5-2-18(17)20-21-19)11-15-9-16-12-24(6-7-25(16)22-15)10-14-3-8-27-13-14/h3,8-9,13H,1-2,4-7,10-12H2,(H2,20,21,26). The summed E-state index contributed by atoms with van der Waals surface area (Å²) in [4.78, 5) is 16.6. The Bertz CT molecular complexity index is 967. The molecule has 0 aliphatic carbocycles. The number of rotatable bonds is 4. The highest BCUT2D eigenvalue weighted by atomic mass is 16.3. The molecular formula is C19H24N6O2. The Balaban J connectivity index is 1.23. The van der Waals surface area contributed by atoms with Gasteiger partial charge in [0.05, 0.1) is 30.5 Å². The van der Waals surface area contributed by atoms with Gasteiger partial charge in [0, 0.05) is 62.5 Å². The Morgan fingerprint density at radius 3 is 2.89 bits per heavy atom. The lowest BCUT2D eigenvalue weighted by molar-refractivity contribution is 0.204. The van der Waals surface area contributed by atoms with E-state index in [0.29, 0.717) is 0 Å². The summed E-state index contributed by atoms with van der Waals surface area (Å²) in [6.07, 6.45) is 5.21. The van der Waals surface area contributed by atoms with Crippen LogP contribution in [-0.2, 0) is 39.0 Å². The third-order valence-corrected chi connectivity index (χ3v) is 5.62. The number of furan rings is 1. The summed E-state index contributed by atoms with van der Waals surface area (Å²) in [6, 6.07) is 4.26. The maximum atomic E-state index is 11.8. The lowest BCUT2D eigenvalue weighted by Crippen LogP contribution is -2.33. The van der Waals surface area contributed by atoms with Gasteiger partial charge in [-0.25, -0.2) is 0 Å². The van der Waals surface area contributed by atoms with Crippen LogP contribution >= 0.6 is 0 Å². The van der Waals surface area contributed by atoms with Gasteiger partial charge >= 0.3 is 0 Å². The summed E-state index contributed by atoms with van der Waals surface area (Å²) in [7, 11) is 0. The first-order valence-corrected chi connectivity index (χ1v) is 9.54. The van der Waals surface area contributed by atoms with E-state index < -0.39 is 0 Å². The molecule has 0 amide bonds. The van der Waals surface area contributed by atoms with E-state index in [9.17, 15) is 4.79 Å². The largest absolute Gasteiger partial charge is 0.472 e. The molecule has 2 aliphatic rings. The summed E-state index contributed by atoms with van der Waals surface area (Å²) < 4.78 is 7.32. The van der Waals surface area contributed by atoms with Crippen molar-refractivity contribution in [3.8, 4) is 0 Å². The molecule has 0 fully saturated rings. The van der Waals surface area contributed by atoms with Gasteiger partial charge in [-0.1, -0.05) is 0 Å². The van der Waals surface area contributed by atoms with E-state index in [1.807, 2.05) is 12.3 Å². The summed E-state index contributed by atoms with van der Waals surface area (Å²) >= 11 is 0. The Morgan fingerprint density at radius 2 is 2.00 bits per heavy atom. The average molecular weight is 368 g/mol. The fourth-order valence-corrected chi connectivity index (χ4v) is 4.17. The number of hydrogen-bond donors (Lipinski definition) is 2. The molecule has 2 N–H and O–H groups in total.